The van der Waals surface area contributed by atoms with Gasteiger partial charge in [0, 0.05) is 23.1 Å². The van der Waals surface area contributed by atoms with Crippen LogP contribution in [0.3, 0.4) is 0 Å². The molecule has 1 aliphatic heterocycles. The van der Waals surface area contributed by atoms with Crippen LogP contribution in [0, 0.1) is 6.92 Å². The molecule has 0 spiro atoms. The van der Waals surface area contributed by atoms with E-state index in [0.29, 0.717) is 17.8 Å². The molecule has 6 nitrogen and oxygen atoms in total. The van der Waals surface area contributed by atoms with Gasteiger partial charge >= 0.3 is 0 Å². The number of Topliss-reactive ketones (excluding diaryl/α,β-unsaturated/α-hetero) is 1. The second kappa shape index (κ2) is 8.71. The molecule has 1 fully saturated rings. The van der Waals surface area contributed by atoms with Gasteiger partial charge in [-0.2, -0.15) is 0 Å². The average molecular weight is 405 g/mol. The van der Waals surface area contributed by atoms with Crippen LogP contribution in [-0.2, 0) is 4.79 Å². The van der Waals surface area contributed by atoms with Crippen LogP contribution in [0.15, 0.2) is 48.5 Å². The van der Waals surface area contributed by atoms with E-state index in [1.54, 1.807) is 7.11 Å². The fourth-order valence-corrected chi connectivity index (χ4v) is 4.31. The topological polar surface area (TPSA) is 74.4 Å². The average Bonchev–Trinajstić information content (AvgIpc) is 3.40. The number of aromatic amines is 1. The first-order chi connectivity index (χ1) is 14.6. The molecule has 1 unspecified atom stereocenters. The van der Waals surface area contributed by atoms with Gasteiger partial charge in [0.15, 0.2) is 0 Å². The zero-order valence-corrected chi connectivity index (χ0v) is 17.4. The molecule has 156 valence electrons. The number of hydrogen-bond acceptors (Lipinski definition) is 4. The molecule has 2 heterocycles. The van der Waals surface area contributed by atoms with Gasteiger partial charge < -0.3 is 15.0 Å². The SMILES string of the molecule is COc1cccc(C(CNC(=O)C(=O)c2c(C)[nH]c3ccccc23)N2CCCC2)c1. The van der Waals surface area contributed by atoms with Gasteiger partial charge in [-0.25, -0.2) is 0 Å². The molecule has 1 amide bonds. The number of likely N-dealkylation sites (tertiary alicyclic amines) is 1. The van der Waals surface area contributed by atoms with E-state index in [4.69, 9.17) is 4.74 Å². The monoisotopic (exact) mass is 405 g/mol. The van der Waals surface area contributed by atoms with Crippen LogP contribution >= 0.6 is 0 Å². The Morgan fingerprint density at radius 3 is 2.67 bits per heavy atom. The van der Waals surface area contributed by atoms with E-state index >= 15 is 0 Å². The van der Waals surface area contributed by atoms with Crippen molar-refractivity contribution in [2.45, 2.75) is 25.8 Å². The number of fused-ring (bicyclic) bond motifs is 1. The Morgan fingerprint density at radius 1 is 1.13 bits per heavy atom. The maximum absolute atomic E-state index is 12.9. The summed E-state index contributed by atoms with van der Waals surface area (Å²) in [6.07, 6.45) is 2.28. The molecular weight excluding hydrogens is 378 g/mol. The number of carbonyl (C=O) groups is 2. The summed E-state index contributed by atoms with van der Waals surface area (Å²) in [6, 6.07) is 15.5. The molecule has 1 aromatic heterocycles. The van der Waals surface area contributed by atoms with E-state index in [2.05, 4.69) is 15.2 Å². The summed E-state index contributed by atoms with van der Waals surface area (Å²) >= 11 is 0. The predicted molar refractivity (Wildman–Crippen MR) is 117 cm³/mol. The van der Waals surface area contributed by atoms with E-state index in [1.165, 1.54) is 0 Å². The van der Waals surface area contributed by atoms with Crippen molar-refractivity contribution in [2.75, 3.05) is 26.7 Å². The second-order valence-electron chi connectivity index (χ2n) is 7.75. The molecule has 30 heavy (non-hydrogen) atoms. The number of nitrogens with one attached hydrogen (secondary N) is 2. The Hall–Kier alpha value is -3.12. The first-order valence-electron chi connectivity index (χ1n) is 10.4. The largest absolute Gasteiger partial charge is 0.497 e. The molecule has 2 N–H and O–H groups in total. The van der Waals surface area contributed by atoms with Crippen molar-refractivity contribution in [3.05, 3.63) is 65.4 Å². The summed E-state index contributed by atoms with van der Waals surface area (Å²) < 4.78 is 5.37. The number of nitrogens with zero attached hydrogens (tertiary/aromatic N) is 1. The van der Waals surface area contributed by atoms with Crippen molar-refractivity contribution >= 4 is 22.6 Å². The Morgan fingerprint density at radius 2 is 1.90 bits per heavy atom. The Bertz CT molecular complexity index is 1070. The van der Waals surface area contributed by atoms with Crippen LogP contribution in [0.5, 0.6) is 5.75 Å². The van der Waals surface area contributed by atoms with Gasteiger partial charge in [-0.3, -0.25) is 14.5 Å². The maximum atomic E-state index is 12.9. The summed E-state index contributed by atoms with van der Waals surface area (Å²) in [6.45, 7) is 4.16. The van der Waals surface area contributed by atoms with Crippen LogP contribution in [-0.4, -0.2) is 48.3 Å². The molecule has 1 aliphatic rings. The van der Waals surface area contributed by atoms with E-state index in [-0.39, 0.29) is 6.04 Å². The Balaban J connectivity index is 1.53. The summed E-state index contributed by atoms with van der Waals surface area (Å²) in [5.74, 6) is -0.292. The molecular formula is C24H27N3O3. The van der Waals surface area contributed by atoms with E-state index < -0.39 is 11.7 Å². The molecule has 4 rings (SSSR count). The fraction of sp³-hybridized carbons (Fsp3) is 0.333. The normalized spacial score (nSPS) is 15.3. The van der Waals surface area contributed by atoms with Gasteiger partial charge in [0.25, 0.3) is 11.7 Å². The summed E-state index contributed by atoms with van der Waals surface area (Å²) in [5.41, 5.74) is 3.09. The number of ketones is 1. The van der Waals surface area contributed by atoms with Crippen LogP contribution in [0.4, 0.5) is 0 Å². The molecule has 0 radical (unpaired) electrons. The molecule has 0 aliphatic carbocycles. The lowest BCUT2D eigenvalue weighted by Crippen LogP contribution is -2.39. The van der Waals surface area contributed by atoms with Gasteiger partial charge in [0.1, 0.15) is 5.75 Å². The Kier molecular flexibility index (Phi) is 5.86. The van der Waals surface area contributed by atoms with Crippen molar-refractivity contribution < 1.29 is 14.3 Å². The van der Waals surface area contributed by atoms with Crippen molar-refractivity contribution in [1.29, 1.82) is 0 Å². The van der Waals surface area contributed by atoms with Crippen molar-refractivity contribution in [1.82, 2.24) is 15.2 Å². The molecule has 0 saturated carbocycles. The van der Waals surface area contributed by atoms with Crippen molar-refractivity contribution in [2.24, 2.45) is 0 Å². The zero-order chi connectivity index (χ0) is 21.1. The molecule has 2 aromatic carbocycles. The van der Waals surface area contributed by atoms with Crippen LogP contribution in [0.25, 0.3) is 10.9 Å². The minimum absolute atomic E-state index is 0.00316. The zero-order valence-electron chi connectivity index (χ0n) is 17.4. The van der Waals surface area contributed by atoms with Crippen molar-refractivity contribution in [3.63, 3.8) is 0 Å². The number of hydrogen-bond donors (Lipinski definition) is 2. The summed E-state index contributed by atoms with van der Waals surface area (Å²) in [4.78, 5) is 31.3. The third-order valence-electron chi connectivity index (χ3n) is 5.84. The highest BCUT2D eigenvalue weighted by Crippen LogP contribution is 2.27. The highest BCUT2D eigenvalue weighted by atomic mass is 16.5. The quantitative estimate of drug-likeness (QED) is 0.465. The summed E-state index contributed by atoms with van der Waals surface area (Å²) in [7, 11) is 1.65. The van der Waals surface area contributed by atoms with Crippen LogP contribution in [0.2, 0.25) is 0 Å². The van der Waals surface area contributed by atoms with Gasteiger partial charge in [0.2, 0.25) is 0 Å². The standard InChI is InChI=1S/C24H27N3O3/c1-16-22(19-10-3-4-11-20(19)26-16)23(28)24(29)25-15-21(27-12-5-6-13-27)17-8-7-9-18(14-17)30-2/h3-4,7-11,14,21,26H,5-6,12-13,15H2,1-2H3,(H,25,29). The van der Waals surface area contributed by atoms with E-state index in [1.807, 2.05) is 55.5 Å². The van der Waals surface area contributed by atoms with Crippen LogP contribution in [0.1, 0.15) is 40.5 Å². The number of ether oxygens (including phenoxy) is 1. The van der Waals surface area contributed by atoms with Crippen molar-refractivity contribution in [3.8, 4) is 5.75 Å². The van der Waals surface area contributed by atoms with E-state index in [9.17, 15) is 9.59 Å². The van der Waals surface area contributed by atoms with Crippen LogP contribution < -0.4 is 10.1 Å². The summed E-state index contributed by atoms with van der Waals surface area (Å²) in [5, 5.41) is 3.67. The number of rotatable bonds is 7. The number of amides is 1. The number of methoxy groups -OCH3 is 1. The number of benzene rings is 2. The van der Waals surface area contributed by atoms with Gasteiger partial charge in [-0.15, -0.1) is 0 Å². The second-order valence-corrected chi connectivity index (χ2v) is 7.75. The number of para-hydroxylation sites is 1. The lowest BCUT2D eigenvalue weighted by molar-refractivity contribution is -0.117. The molecule has 1 saturated heterocycles. The first kappa shape index (κ1) is 20.2. The van der Waals surface area contributed by atoms with Gasteiger partial charge in [-0.1, -0.05) is 30.3 Å². The van der Waals surface area contributed by atoms with Gasteiger partial charge in [0.05, 0.1) is 18.7 Å². The first-order valence-corrected chi connectivity index (χ1v) is 10.4. The molecule has 0 bridgehead atoms. The number of H-pyrrole nitrogens is 1. The third-order valence-corrected chi connectivity index (χ3v) is 5.84. The van der Waals surface area contributed by atoms with E-state index in [0.717, 1.165) is 48.1 Å². The predicted octanol–water partition coefficient (Wildman–Crippen LogP) is 3.62. The smallest absolute Gasteiger partial charge is 0.292 e. The number of aryl methyl sites for hydroxylation is 1. The maximum Gasteiger partial charge on any atom is 0.292 e. The molecule has 3 aromatic rings. The Labute approximate surface area is 176 Å². The highest BCUT2D eigenvalue weighted by molar-refractivity contribution is 6.45. The highest BCUT2D eigenvalue weighted by Gasteiger charge is 2.27. The minimum atomic E-state index is -0.574. The lowest BCUT2D eigenvalue weighted by atomic mass is 10.0. The molecule has 6 heteroatoms. The molecule has 1 atom stereocenters. The van der Waals surface area contributed by atoms with Gasteiger partial charge in [-0.05, 0) is 56.6 Å². The number of carbonyl (C=O) groups excluding carboxylic acids is 2. The fourth-order valence-electron chi connectivity index (χ4n) is 4.31. The third kappa shape index (κ3) is 3.96. The number of aromatic nitrogens is 1. The lowest BCUT2D eigenvalue weighted by Gasteiger charge is -2.28. The minimum Gasteiger partial charge on any atom is -0.497 e.